The van der Waals surface area contributed by atoms with Gasteiger partial charge in [-0.3, -0.25) is 4.79 Å². The second-order valence-corrected chi connectivity index (χ2v) is 6.41. The standard InChI is InChI=1S/C23H23NO3/c1-16-8-7-9-17(2)22(16)26-18(3)23(25)24-19-12-14-21(15-13-19)27-20-10-5-4-6-11-20/h4-15,18H,1-3H3,(H,24,25)/t18-/m1/s1. The number of benzene rings is 3. The van der Waals surface area contributed by atoms with Crippen LogP contribution in [0.4, 0.5) is 5.69 Å². The molecule has 1 amide bonds. The van der Waals surface area contributed by atoms with E-state index in [0.29, 0.717) is 11.4 Å². The first-order valence-electron chi connectivity index (χ1n) is 8.89. The first-order valence-corrected chi connectivity index (χ1v) is 8.89. The summed E-state index contributed by atoms with van der Waals surface area (Å²) >= 11 is 0. The minimum Gasteiger partial charge on any atom is -0.480 e. The zero-order chi connectivity index (χ0) is 19.2. The van der Waals surface area contributed by atoms with Crippen molar-refractivity contribution < 1.29 is 14.3 Å². The highest BCUT2D eigenvalue weighted by Gasteiger charge is 2.17. The smallest absolute Gasteiger partial charge is 0.265 e. The van der Waals surface area contributed by atoms with Crippen LogP contribution in [0.1, 0.15) is 18.1 Å². The molecule has 0 bridgehead atoms. The fraction of sp³-hybridized carbons (Fsp3) is 0.174. The van der Waals surface area contributed by atoms with Crippen molar-refractivity contribution in [2.24, 2.45) is 0 Å². The lowest BCUT2D eigenvalue weighted by atomic mass is 10.1. The third-order valence-electron chi connectivity index (χ3n) is 4.17. The molecule has 0 saturated carbocycles. The van der Waals surface area contributed by atoms with Crippen molar-refractivity contribution in [3.8, 4) is 17.2 Å². The van der Waals surface area contributed by atoms with Crippen molar-refractivity contribution in [3.63, 3.8) is 0 Å². The number of anilines is 1. The molecule has 0 spiro atoms. The van der Waals surface area contributed by atoms with Gasteiger partial charge in [0.15, 0.2) is 6.10 Å². The van der Waals surface area contributed by atoms with Crippen molar-refractivity contribution in [2.45, 2.75) is 26.9 Å². The van der Waals surface area contributed by atoms with E-state index in [9.17, 15) is 4.79 Å². The van der Waals surface area contributed by atoms with Crippen LogP contribution < -0.4 is 14.8 Å². The summed E-state index contributed by atoms with van der Waals surface area (Å²) < 4.78 is 11.6. The maximum Gasteiger partial charge on any atom is 0.265 e. The maximum absolute atomic E-state index is 12.4. The molecule has 3 aromatic rings. The van der Waals surface area contributed by atoms with E-state index in [0.717, 1.165) is 22.6 Å². The topological polar surface area (TPSA) is 47.6 Å². The molecular formula is C23H23NO3. The molecule has 0 heterocycles. The zero-order valence-electron chi connectivity index (χ0n) is 15.7. The monoisotopic (exact) mass is 361 g/mol. The normalized spacial score (nSPS) is 11.5. The number of aryl methyl sites for hydroxylation is 2. The quantitative estimate of drug-likeness (QED) is 0.630. The first-order chi connectivity index (χ1) is 13.0. The fourth-order valence-corrected chi connectivity index (χ4v) is 2.69. The molecule has 1 N–H and O–H groups in total. The van der Waals surface area contributed by atoms with Crippen molar-refractivity contribution in [1.29, 1.82) is 0 Å². The molecule has 0 fully saturated rings. The highest BCUT2D eigenvalue weighted by atomic mass is 16.5. The van der Waals surface area contributed by atoms with Crippen LogP contribution in [0.15, 0.2) is 72.8 Å². The zero-order valence-corrected chi connectivity index (χ0v) is 15.7. The molecular weight excluding hydrogens is 338 g/mol. The van der Waals surface area contributed by atoms with E-state index in [1.54, 1.807) is 6.92 Å². The average Bonchev–Trinajstić information content (AvgIpc) is 2.67. The van der Waals surface area contributed by atoms with Gasteiger partial charge in [0, 0.05) is 5.69 Å². The molecule has 0 saturated heterocycles. The Morgan fingerprint density at radius 3 is 2.04 bits per heavy atom. The van der Waals surface area contributed by atoms with Gasteiger partial charge < -0.3 is 14.8 Å². The summed E-state index contributed by atoms with van der Waals surface area (Å²) in [5.74, 6) is 2.03. The summed E-state index contributed by atoms with van der Waals surface area (Å²) in [6.07, 6.45) is -0.606. The van der Waals surface area contributed by atoms with Gasteiger partial charge in [-0.15, -0.1) is 0 Å². The van der Waals surface area contributed by atoms with Gasteiger partial charge in [0.2, 0.25) is 0 Å². The minimum absolute atomic E-state index is 0.200. The van der Waals surface area contributed by atoms with E-state index in [1.807, 2.05) is 86.6 Å². The van der Waals surface area contributed by atoms with Crippen LogP contribution >= 0.6 is 0 Å². The summed E-state index contributed by atoms with van der Waals surface area (Å²) in [5.41, 5.74) is 2.71. The van der Waals surface area contributed by atoms with E-state index >= 15 is 0 Å². The molecule has 138 valence electrons. The van der Waals surface area contributed by atoms with E-state index in [-0.39, 0.29) is 5.91 Å². The van der Waals surface area contributed by atoms with E-state index in [1.165, 1.54) is 0 Å². The van der Waals surface area contributed by atoms with Gasteiger partial charge in [0.05, 0.1) is 0 Å². The van der Waals surface area contributed by atoms with Gasteiger partial charge in [-0.25, -0.2) is 0 Å². The van der Waals surface area contributed by atoms with Crippen molar-refractivity contribution in [3.05, 3.63) is 83.9 Å². The molecule has 0 aromatic heterocycles. The summed E-state index contributed by atoms with van der Waals surface area (Å²) in [7, 11) is 0. The van der Waals surface area contributed by atoms with Gasteiger partial charge in [0.25, 0.3) is 5.91 Å². The van der Waals surface area contributed by atoms with Crippen molar-refractivity contribution in [2.75, 3.05) is 5.32 Å². The molecule has 3 aromatic carbocycles. The predicted molar refractivity (Wildman–Crippen MR) is 108 cm³/mol. The SMILES string of the molecule is Cc1cccc(C)c1O[C@H](C)C(=O)Nc1ccc(Oc2ccccc2)cc1. The lowest BCUT2D eigenvalue weighted by Gasteiger charge is -2.18. The molecule has 0 unspecified atom stereocenters. The van der Waals surface area contributed by atoms with Gasteiger partial charge in [-0.05, 0) is 68.3 Å². The second-order valence-electron chi connectivity index (χ2n) is 6.41. The van der Waals surface area contributed by atoms with Gasteiger partial charge in [-0.1, -0.05) is 36.4 Å². The molecule has 0 radical (unpaired) electrons. The van der Waals surface area contributed by atoms with E-state index < -0.39 is 6.10 Å². The number of amides is 1. The number of nitrogens with one attached hydrogen (secondary N) is 1. The molecule has 4 heteroatoms. The Bertz CT molecular complexity index is 884. The number of rotatable bonds is 6. The maximum atomic E-state index is 12.4. The van der Waals surface area contributed by atoms with Crippen LogP contribution in [0.3, 0.4) is 0 Å². The van der Waals surface area contributed by atoms with Crippen LogP contribution in [0, 0.1) is 13.8 Å². The van der Waals surface area contributed by atoms with Gasteiger partial charge >= 0.3 is 0 Å². The number of carbonyl (C=O) groups is 1. The third-order valence-corrected chi connectivity index (χ3v) is 4.17. The minimum atomic E-state index is -0.606. The molecule has 3 rings (SSSR count). The number of hydrogen-bond acceptors (Lipinski definition) is 3. The van der Waals surface area contributed by atoms with Crippen LogP contribution in [-0.4, -0.2) is 12.0 Å². The van der Waals surface area contributed by atoms with E-state index in [2.05, 4.69) is 5.32 Å². The Hall–Kier alpha value is -3.27. The van der Waals surface area contributed by atoms with Gasteiger partial charge in [-0.2, -0.15) is 0 Å². The van der Waals surface area contributed by atoms with Crippen LogP contribution in [0.5, 0.6) is 17.2 Å². The molecule has 0 aliphatic carbocycles. The number of ether oxygens (including phenoxy) is 2. The summed E-state index contributed by atoms with van der Waals surface area (Å²) in [4.78, 5) is 12.4. The average molecular weight is 361 g/mol. The Balaban J connectivity index is 1.60. The summed E-state index contributed by atoms with van der Waals surface area (Å²) in [6, 6.07) is 22.7. The number of para-hydroxylation sites is 2. The number of carbonyl (C=O) groups excluding carboxylic acids is 1. The van der Waals surface area contributed by atoms with Crippen LogP contribution in [0.25, 0.3) is 0 Å². The molecule has 0 aliphatic heterocycles. The highest BCUT2D eigenvalue weighted by molar-refractivity contribution is 5.94. The fourth-order valence-electron chi connectivity index (χ4n) is 2.69. The van der Waals surface area contributed by atoms with Crippen LogP contribution in [0.2, 0.25) is 0 Å². The molecule has 27 heavy (non-hydrogen) atoms. The number of hydrogen-bond donors (Lipinski definition) is 1. The van der Waals surface area contributed by atoms with Gasteiger partial charge in [0.1, 0.15) is 17.2 Å². The molecule has 4 nitrogen and oxygen atoms in total. The lowest BCUT2D eigenvalue weighted by Crippen LogP contribution is -2.30. The van der Waals surface area contributed by atoms with E-state index in [4.69, 9.17) is 9.47 Å². The summed E-state index contributed by atoms with van der Waals surface area (Å²) in [5, 5.41) is 2.87. The lowest BCUT2D eigenvalue weighted by molar-refractivity contribution is -0.122. The van der Waals surface area contributed by atoms with Crippen molar-refractivity contribution in [1.82, 2.24) is 0 Å². The summed E-state index contributed by atoms with van der Waals surface area (Å²) in [6.45, 7) is 5.69. The predicted octanol–water partition coefficient (Wildman–Crippen LogP) is 5.50. The Labute approximate surface area is 159 Å². The second kappa shape index (κ2) is 8.41. The Morgan fingerprint density at radius 1 is 0.815 bits per heavy atom. The molecule has 0 aliphatic rings. The third kappa shape index (κ3) is 4.88. The Kier molecular flexibility index (Phi) is 5.77. The Morgan fingerprint density at radius 2 is 1.41 bits per heavy atom. The molecule has 1 atom stereocenters. The largest absolute Gasteiger partial charge is 0.480 e. The first kappa shape index (κ1) is 18.5. The van der Waals surface area contributed by atoms with Crippen molar-refractivity contribution >= 4 is 11.6 Å². The highest BCUT2D eigenvalue weighted by Crippen LogP contribution is 2.25. The van der Waals surface area contributed by atoms with Crippen LogP contribution in [-0.2, 0) is 4.79 Å².